The first-order chi connectivity index (χ1) is 10.2. The van der Waals surface area contributed by atoms with Crippen molar-refractivity contribution in [3.05, 3.63) is 18.5 Å². The third-order valence-corrected chi connectivity index (χ3v) is 2.89. The molecule has 112 valence electrons. The van der Waals surface area contributed by atoms with E-state index < -0.39 is 12.1 Å². The molecule has 2 aromatic rings. The molecule has 0 aliphatic heterocycles. The molecule has 2 rings (SSSR count). The number of pyridine rings is 1. The summed E-state index contributed by atoms with van der Waals surface area (Å²) in [7, 11) is 2.97. The molecule has 0 spiro atoms. The van der Waals surface area contributed by atoms with Crippen molar-refractivity contribution in [3.8, 4) is 17.1 Å². The molecule has 2 aromatic heterocycles. The fourth-order valence-corrected chi connectivity index (χ4v) is 1.86. The van der Waals surface area contributed by atoms with Crippen LogP contribution in [-0.2, 0) is 16.1 Å². The molecule has 0 aliphatic carbocycles. The zero-order valence-corrected chi connectivity index (χ0v) is 11.6. The summed E-state index contributed by atoms with van der Waals surface area (Å²) >= 11 is 0. The number of hydrogen-bond acceptors (Lipinski definition) is 7. The van der Waals surface area contributed by atoms with Gasteiger partial charge in [0, 0.05) is 13.3 Å². The Kier molecular flexibility index (Phi) is 4.77. The number of tetrazole rings is 1. The molecule has 21 heavy (non-hydrogen) atoms. The maximum atomic E-state index is 10.8. The molecule has 1 unspecified atom stereocenters. The highest BCUT2D eigenvalue weighted by atomic mass is 16.5. The zero-order valence-electron chi connectivity index (χ0n) is 11.6. The van der Waals surface area contributed by atoms with Gasteiger partial charge in [-0.1, -0.05) is 0 Å². The molecular formula is C12H15N5O4. The lowest BCUT2D eigenvalue weighted by molar-refractivity contribution is -0.140. The van der Waals surface area contributed by atoms with E-state index in [0.717, 1.165) is 0 Å². The van der Waals surface area contributed by atoms with E-state index >= 15 is 0 Å². The van der Waals surface area contributed by atoms with E-state index in [1.54, 1.807) is 18.5 Å². The molecule has 9 nitrogen and oxygen atoms in total. The normalized spacial score (nSPS) is 12.1. The van der Waals surface area contributed by atoms with Gasteiger partial charge in [-0.2, -0.15) is 0 Å². The molecule has 9 heteroatoms. The van der Waals surface area contributed by atoms with Gasteiger partial charge in [0.15, 0.2) is 5.82 Å². The highest BCUT2D eigenvalue weighted by Gasteiger charge is 2.19. The highest BCUT2D eigenvalue weighted by Crippen LogP contribution is 2.26. The molecule has 1 N–H and O–H groups in total. The van der Waals surface area contributed by atoms with Crippen molar-refractivity contribution in [2.75, 3.05) is 14.2 Å². The number of hydrogen-bond donors (Lipinski definition) is 1. The van der Waals surface area contributed by atoms with Crippen LogP contribution in [0.15, 0.2) is 18.5 Å². The summed E-state index contributed by atoms with van der Waals surface area (Å²) < 4.78 is 11.8. The van der Waals surface area contributed by atoms with Gasteiger partial charge in [-0.3, -0.25) is 9.78 Å². The Morgan fingerprint density at radius 3 is 2.95 bits per heavy atom. The second-order valence-electron chi connectivity index (χ2n) is 4.22. The van der Waals surface area contributed by atoms with Crippen LogP contribution in [-0.4, -0.2) is 56.6 Å². The number of aromatic nitrogens is 5. The lowest BCUT2D eigenvalue weighted by Crippen LogP contribution is -2.23. The fraction of sp³-hybridized carbons (Fsp3) is 0.417. The van der Waals surface area contributed by atoms with Gasteiger partial charge in [0.2, 0.25) is 0 Å². The number of aliphatic carboxylic acids is 1. The van der Waals surface area contributed by atoms with Crippen LogP contribution in [0.5, 0.6) is 5.75 Å². The number of nitrogens with zero attached hydrogens (tertiary/aromatic N) is 5. The predicted octanol–water partition coefficient (Wildman–Crippen LogP) is 0.233. The van der Waals surface area contributed by atoms with Gasteiger partial charge in [0.25, 0.3) is 0 Å². The first-order valence-corrected chi connectivity index (χ1v) is 6.14. The smallest absolute Gasteiger partial charge is 0.306 e. The lowest BCUT2D eigenvalue weighted by atomic mass is 10.2. The van der Waals surface area contributed by atoms with E-state index in [9.17, 15) is 4.79 Å². The van der Waals surface area contributed by atoms with E-state index in [0.29, 0.717) is 17.1 Å². The maximum Gasteiger partial charge on any atom is 0.306 e. The average Bonchev–Trinajstić information content (AvgIpc) is 2.94. The Balaban J connectivity index is 2.28. The summed E-state index contributed by atoms with van der Waals surface area (Å²) in [6.07, 6.45) is 2.49. The monoisotopic (exact) mass is 293 g/mol. The summed E-state index contributed by atoms with van der Waals surface area (Å²) in [5.41, 5.74) is 0.669. The van der Waals surface area contributed by atoms with Crippen molar-refractivity contribution >= 4 is 5.97 Å². The van der Waals surface area contributed by atoms with Gasteiger partial charge >= 0.3 is 5.97 Å². The van der Waals surface area contributed by atoms with Gasteiger partial charge in [-0.05, 0) is 16.5 Å². The van der Waals surface area contributed by atoms with Gasteiger partial charge < -0.3 is 14.6 Å². The molecule has 0 aromatic carbocycles. The fourth-order valence-electron chi connectivity index (χ4n) is 1.86. The minimum absolute atomic E-state index is 0.136. The molecule has 0 amide bonds. The Labute approximate surface area is 120 Å². The molecule has 0 fully saturated rings. The Morgan fingerprint density at radius 1 is 1.48 bits per heavy atom. The van der Waals surface area contributed by atoms with Crippen molar-refractivity contribution in [3.63, 3.8) is 0 Å². The molecule has 1 atom stereocenters. The topological polar surface area (TPSA) is 112 Å². The van der Waals surface area contributed by atoms with Gasteiger partial charge in [-0.15, -0.1) is 5.10 Å². The van der Waals surface area contributed by atoms with Gasteiger partial charge in [-0.25, -0.2) is 4.68 Å². The minimum Gasteiger partial charge on any atom is -0.494 e. The number of rotatable bonds is 7. The summed E-state index contributed by atoms with van der Waals surface area (Å²) in [5.74, 6) is 0.0420. The van der Waals surface area contributed by atoms with Crippen molar-refractivity contribution in [1.29, 1.82) is 0 Å². The van der Waals surface area contributed by atoms with Crippen LogP contribution in [0.4, 0.5) is 0 Å². The lowest BCUT2D eigenvalue weighted by Gasteiger charge is -2.14. The first-order valence-electron chi connectivity index (χ1n) is 6.14. The molecule has 2 heterocycles. The SMILES string of the molecule is COc1cnccc1-c1nnnn1CC(CC(=O)O)OC. The van der Waals surface area contributed by atoms with Crippen LogP contribution in [0.2, 0.25) is 0 Å². The third kappa shape index (κ3) is 3.51. The standard InChI is InChI=1S/C12H15N5O4/c1-20-8(5-11(18)19)7-17-12(14-15-16-17)9-3-4-13-6-10(9)21-2/h3-4,6,8H,5,7H2,1-2H3,(H,18,19). The van der Waals surface area contributed by atoms with Crippen LogP contribution in [0, 0.1) is 0 Å². The molecule has 0 aliphatic rings. The minimum atomic E-state index is -0.946. The van der Waals surface area contributed by atoms with Crippen molar-refractivity contribution < 1.29 is 19.4 Å². The van der Waals surface area contributed by atoms with Crippen molar-refractivity contribution in [1.82, 2.24) is 25.2 Å². The Morgan fingerprint density at radius 2 is 2.29 bits per heavy atom. The van der Waals surface area contributed by atoms with Crippen LogP contribution in [0.3, 0.4) is 0 Å². The Hall–Kier alpha value is -2.55. The van der Waals surface area contributed by atoms with E-state index in [-0.39, 0.29) is 13.0 Å². The predicted molar refractivity (Wildman–Crippen MR) is 70.6 cm³/mol. The second kappa shape index (κ2) is 6.75. The van der Waals surface area contributed by atoms with E-state index in [4.69, 9.17) is 14.6 Å². The van der Waals surface area contributed by atoms with Crippen LogP contribution < -0.4 is 4.74 Å². The molecule has 0 bridgehead atoms. The second-order valence-corrected chi connectivity index (χ2v) is 4.22. The maximum absolute atomic E-state index is 10.8. The van der Waals surface area contributed by atoms with E-state index in [2.05, 4.69) is 20.5 Å². The first kappa shape index (κ1) is 14.9. The molecule has 0 radical (unpaired) electrons. The number of ether oxygens (including phenoxy) is 2. The van der Waals surface area contributed by atoms with E-state index in [1.165, 1.54) is 18.9 Å². The molecular weight excluding hydrogens is 278 g/mol. The van der Waals surface area contributed by atoms with E-state index in [1.807, 2.05) is 0 Å². The summed E-state index contributed by atoms with van der Waals surface area (Å²) in [5, 5.41) is 20.3. The average molecular weight is 293 g/mol. The third-order valence-electron chi connectivity index (χ3n) is 2.89. The van der Waals surface area contributed by atoms with Crippen LogP contribution in [0.1, 0.15) is 6.42 Å². The number of methoxy groups -OCH3 is 2. The quantitative estimate of drug-likeness (QED) is 0.772. The van der Waals surface area contributed by atoms with Crippen LogP contribution in [0.25, 0.3) is 11.4 Å². The Bertz CT molecular complexity index is 615. The summed E-state index contributed by atoms with van der Waals surface area (Å²) in [6.45, 7) is 0.219. The van der Waals surface area contributed by atoms with Crippen LogP contribution >= 0.6 is 0 Å². The largest absolute Gasteiger partial charge is 0.494 e. The molecule has 0 saturated carbocycles. The number of carboxylic acid groups (broad SMARTS) is 1. The number of carboxylic acids is 1. The summed E-state index contributed by atoms with van der Waals surface area (Å²) in [4.78, 5) is 14.8. The summed E-state index contributed by atoms with van der Waals surface area (Å²) in [6, 6.07) is 1.72. The number of carbonyl (C=O) groups is 1. The van der Waals surface area contributed by atoms with Gasteiger partial charge in [0.05, 0.1) is 37.9 Å². The molecule has 0 saturated heterocycles. The van der Waals surface area contributed by atoms with Gasteiger partial charge in [0.1, 0.15) is 5.75 Å². The van der Waals surface area contributed by atoms with Crippen molar-refractivity contribution in [2.24, 2.45) is 0 Å². The zero-order chi connectivity index (χ0) is 15.2. The van der Waals surface area contributed by atoms with Crippen molar-refractivity contribution in [2.45, 2.75) is 19.1 Å². The highest BCUT2D eigenvalue weighted by molar-refractivity contribution is 5.67.